The summed E-state index contributed by atoms with van der Waals surface area (Å²) in [6, 6.07) is 23.0. The van der Waals surface area contributed by atoms with E-state index in [4.69, 9.17) is 0 Å². The van der Waals surface area contributed by atoms with Gasteiger partial charge in [-0.3, -0.25) is 4.79 Å². The van der Waals surface area contributed by atoms with Crippen molar-refractivity contribution in [1.82, 2.24) is 19.3 Å². The van der Waals surface area contributed by atoms with Gasteiger partial charge in [0.2, 0.25) is 10.0 Å². The lowest BCUT2D eigenvalue weighted by molar-refractivity contribution is 0.102. The van der Waals surface area contributed by atoms with Crippen molar-refractivity contribution in [2.45, 2.75) is 18.7 Å². The number of amides is 1. The zero-order valence-electron chi connectivity index (χ0n) is 18.9. The van der Waals surface area contributed by atoms with Crippen LogP contribution in [0.3, 0.4) is 0 Å². The van der Waals surface area contributed by atoms with Gasteiger partial charge >= 0.3 is 0 Å². The van der Waals surface area contributed by atoms with Crippen molar-refractivity contribution in [2.75, 3.05) is 18.4 Å². The first-order valence-electron chi connectivity index (χ1n) is 10.9. The average molecular weight is 476 g/mol. The van der Waals surface area contributed by atoms with Crippen molar-refractivity contribution in [1.29, 1.82) is 0 Å². The zero-order valence-corrected chi connectivity index (χ0v) is 19.7. The van der Waals surface area contributed by atoms with Crippen molar-refractivity contribution in [3.63, 3.8) is 0 Å². The first kappa shape index (κ1) is 23.3. The van der Waals surface area contributed by atoms with Crippen LogP contribution < -0.4 is 5.32 Å². The van der Waals surface area contributed by atoms with Gasteiger partial charge < -0.3 is 5.32 Å². The Kier molecular flexibility index (Phi) is 6.85. The summed E-state index contributed by atoms with van der Waals surface area (Å²) in [6.45, 7) is 4.36. The lowest BCUT2D eigenvalue weighted by atomic mass is 10.1. The largest absolute Gasteiger partial charge is 0.322 e. The van der Waals surface area contributed by atoms with E-state index in [-0.39, 0.29) is 10.8 Å². The molecule has 0 fully saturated rings. The third kappa shape index (κ3) is 4.75. The molecular formula is C25H25N5O3S. The fraction of sp³-hybridized carbons (Fsp3) is 0.160. The molecule has 0 atom stereocenters. The summed E-state index contributed by atoms with van der Waals surface area (Å²) >= 11 is 0. The molecule has 8 nitrogen and oxygen atoms in total. The number of rotatable bonds is 8. The van der Waals surface area contributed by atoms with E-state index in [2.05, 4.69) is 15.6 Å². The highest BCUT2D eigenvalue weighted by molar-refractivity contribution is 7.89. The van der Waals surface area contributed by atoms with Gasteiger partial charge in [-0.1, -0.05) is 49.4 Å². The van der Waals surface area contributed by atoms with E-state index in [1.165, 1.54) is 28.6 Å². The van der Waals surface area contributed by atoms with Crippen LogP contribution in [0.4, 0.5) is 5.69 Å². The highest BCUT2D eigenvalue weighted by Gasteiger charge is 2.21. The Labute approximate surface area is 198 Å². The number of nitrogens with one attached hydrogen (secondary N) is 1. The van der Waals surface area contributed by atoms with Crippen LogP contribution in [-0.4, -0.2) is 46.7 Å². The van der Waals surface area contributed by atoms with E-state index >= 15 is 0 Å². The summed E-state index contributed by atoms with van der Waals surface area (Å²) in [4.78, 5) is 12.8. The fourth-order valence-corrected chi connectivity index (χ4v) is 5.07. The minimum Gasteiger partial charge on any atom is -0.322 e. The van der Waals surface area contributed by atoms with E-state index in [9.17, 15) is 13.2 Å². The Hall–Kier alpha value is -3.82. The Morgan fingerprint density at radius 1 is 0.912 bits per heavy atom. The fourth-order valence-electron chi connectivity index (χ4n) is 3.61. The van der Waals surface area contributed by atoms with Gasteiger partial charge in [-0.25, -0.2) is 13.1 Å². The number of nitrogens with zero attached hydrogens (tertiary/aromatic N) is 4. The summed E-state index contributed by atoms with van der Waals surface area (Å²) in [7, 11) is -3.56. The van der Waals surface area contributed by atoms with Crippen LogP contribution in [0.25, 0.3) is 16.9 Å². The number of anilines is 1. The summed E-state index contributed by atoms with van der Waals surface area (Å²) in [6.07, 6.45) is 1.70. The quantitative estimate of drug-likeness (QED) is 0.412. The van der Waals surface area contributed by atoms with Gasteiger partial charge in [-0.15, -0.1) is 5.10 Å². The first-order chi connectivity index (χ1) is 16.4. The standard InChI is InChI=1S/C25H25N5O3S/c1-3-29(4-2)34(32,33)23-16-10-20(11-17-23)25(31)27-21-12-14-22(15-13-21)30-24(18-26-28-30)19-8-6-5-7-9-19/h5-18H,3-4H2,1-2H3,(H,27,31). The Bertz CT molecular complexity index is 1360. The zero-order chi connectivity index (χ0) is 24.1. The summed E-state index contributed by atoms with van der Waals surface area (Å²) in [5, 5.41) is 11.0. The molecule has 4 aromatic rings. The van der Waals surface area contributed by atoms with Crippen LogP contribution >= 0.6 is 0 Å². The lowest BCUT2D eigenvalue weighted by Gasteiger charge is -2.18. The number of benzene rings is 3. The topological polar surface area (TPSA) is 97.2 Å². The van der Waals surface area contributed by atoms with E-state index in [0.29, 0.717) is 24.3 Å². The summed E-state index contributed by atoms with van der Waals surface area (Å²) in [5.74, 6) is -0.328. The molecule has 0 aliphatic rings. The summed E-state index contributed by atoms with van der Waals surface area (Å²) < 4.78 is 28.4. The molecule has 4 rings (SSSR count). The minimum atomic E-state index is -3.56. The second kappa shape index (κ2) is 9.98. The van der Waals surface area contributed by atoms with E-state index in [1.807, 2.05) is 42.5 Å². The SMILES string of the molecule is CCN(CC)S(=O)(=O)c1ccc(C(=O)Nc2ccc(-n3nncc3-c3ccccc3)cc2)cc1. The molecular weight excluding hydrogens is 450 g/mol. The molecule has 1 amide bonds. The molecule has 174 valence electrons. The van der Waals surface area contributed by atoms with Gasteiger partial charge in [0.1, 0.15) is 0 Å². The first-order valence-corrected chi connectivity index (χ1v) is 12.4. The van der Waals surface area contributed by atoms with Crippen LogP contribution in [0.15, 0.2) is 90.0 Å². The summed E-state index contributed by atoms with van der Waals surface area (Å²) in [5.41, 5.74) is 3.63. The molecule has 1 heterocycles. The minimum absolute atomic E-state index is 0.166. The Morgan fingerprint density at radius 2 is 1.56 bits per heavy atom. The van der Waals surface area contributed by atoms with Gasteiger partial charge in [-0.05, 0) is 48.5 Å². The van der Waals surface area contributed by atoms with E-state index < -0.39 is 10.0 Å². The van der Waals surface area contributed by atoms with Crippen LogP contribution in [0.2, 0.25) is 0 Å². The lowest BCUT2D eigenvalue weighted by Crippen LogP contribution is -2.30. The smallest absolute Gasteiger partial charge is 0.255 e. The predicted octanol–water partition coefficient (Wildman–Crippen LogP) is 4.22. The monoisotopic (exact) mass is 475 g/mol. The maximum Gasteiger partial charge on any atom is 0.255 e. The maximum absolute atomic E-state index is 12.7. The molecule has 0 spiro atoms. The molecule has 3 aromatic carbocycles. The van der Waals surface area contributed by atoms with Crippen molar-refractivity contribution in [3.8, 4) is 16.9 Å². The molecule has 0 bridgehead atoms. The molecule has 0 aliphatic carbocycles. The Balaban J connectivity index is 1.48. The second-order valence-electron chi connectivity index (χ2n) is 7.51. The van der Waals surface area contributed by atoms with Crippen molar-refractivity contribution in [2.24, 2.45) is 0 Å². The predicted molar refractivity (Wildman–Crippen MR) is 131 cm³/mol. The van der Waals surface area contributed by atoms with Gasteiger partial charge in [-0.2, -0.15) is 4.31 Å². The van der Waals surface area contributed by atoms with Crippen LogP contribution in [-0.2, 0) is 10.0 Å². The number of aromatic nitrogens is 3. The van der Waals surface area contributed by atoms with Gasteiger partial charge in [0.05, 0.1) is 22.5 Å². The molecule has 0 saturated heterocycles. The molecule has 1 aromatic heterocycles. The second-order valence-corrected chi connectivity index (χ2v) is 9.45. The maximum atomic E-state index is 12.7. The van der Waals surface area contributed by atoms with Crippen molar-refractivity contribution < 1.29 is 13.2 Å². The molecule has 1 N–H and O–H groups in total. The van der Waals surface area contributed by atoms with E-state index in [1.54, 1.807) is 36.9 Å². The van der Waals surface area contributed by atoms with Crippen molar-refractivity contribution >= 4 is 21.6 Å². The van der Waals surface area contributed by atoms with E-state index in [0.717, 1.165) is 16.9 Å². The molecule has 0 unspecified atom stereocenters. The number of sulfonamides is 1. The van der Waals surface area contributed by atoms with Gasteiger partial charge in [0.15, 0.2) is 0 Å². The molecule has 0 saturated carbocycles. The average Bonchev–Trinajstić information content (AvgIpc) is 3.36. The number of carbonyl (C=O) groups is 1. The van der Waals surface area contributed by atoms with Gasteiger partial charge in [0.25, 0.3) is 5.91 Å². The molecule has 0 aliphatic heterocycles. The third-order valence-electron chi connectivity index (χ3n) is 5.45. The molecule has 9 heteroatoms. The molecule has 34 heavy (non-hydrogen) atoms. The van der Waals surface area contributed by atoms with Crippen LogP contribution in [0, 0.1) is 0 Å². The van der Waals surface area contributed by atoms with Gasteiger partial charge in [0, 0.05) is 29.9 Å². The van der Waals surface area contributed by atoms with Crippen molar-refractivity contribution in [3.05, 3.63) is 90.6 Å². The third-order valence-corrected chi connectivity index (χ3v) is 7.51. The number of carbonyl (C=O) groups excluding carboxylic acids is 1. The highest BCUT2D eigenvalue weighted by atomic mass is 32.2. The Morgan fingerprint density at radius 3 is 2.18 bits per heavy atom. The highest BCUT2D eigenvalue weighted by Crippen LogP contribution is 2.22. The molecule has 0 radical (unpaired) electrons. The number of hydrogen-bond acceptors (Lipinski definition) is 5. The van der Waals surface area contributed by atoms with Crippen LogP contribution in [0.5, 0.6) is 0 Å². The van der Waals surface area contributed by atoms with Crippen LogP contribution in [0.1, 0.15) is 24.2 Å². The normalized spacial score (nSPS) is 11.5. The number of hydrogen-bond donors (Lipinski definition) is 1.